The fourth-order valence-corrected chi connectivity index (χ4v) is 1.42. The van der Waals surface area contributed by atoms with E-state index in [1.165, 1.54) is 0 Å². The summed E-state index contributed by atoms with van der Waals surface area (Å²) in [7, 11) is 1.84. The number of Topliss-reactive ketones (excluding diaryl/α,β-unsaturated/α-hetero) is 1. The van der Waals surface area contributed by atoms with Gasteiger partial charge in [-0.05, 0) is 26.4 Å². The summed E-state index contributed by atoms with van der Waals surface area (Å²) >= 11 is 0. The summed E-state index contributed by atoms with van der Waals surface area (Å²) in [4.78, 5) is 11.9. The molecule has 14 heavy (non-hydrogen) atoms. The highest BCUT2D eigenvalue weighted by atomic mass is 16.1. The zero-order valence-corrected chi connectivity index (χ0v) is 9.89. The summed E-state index contributed by atoms with van der Waals surface area (Å²) in [6, 6.07) is -0.0125. The zero-order chi connectivity index (χ0) is 11.2. The molecular weight excluding hydrogens is 176 g/mol. The van der Waals surface area contributed by atoms with Crippen molar-refractivity contribution >= 4 is 5.78 Å². The van der Waals surface area contributed by atoms with Crippen molar-refractivity contribution in [2.24, 2.45) is 11.1 Å². The van der Waals surface area contributed by atoms with Crippen LogP contribution in [-0.2, 0) is 4.79 Å². The molecule has 3 heteroatoms. The van der Waals surface area contributed by atoms with Crippen LogP contribution < -0.4 is 11.1 Å². The molecule has 0 saturated heterocycles. The number of hydrogen-bond donors (Lipinski definition) is 2. The Labute approximate surface area is 87.4 Å². The molecule has 0 saturated carbocycles. The molecule has 0 aromatic carbocycles. The number of likely N-dealkylation sites (N-methyl/N-ethyl adjacent to an activating group) is 1. The molecule has 84 valence electrons. The molecule has 0 heterocycles. The van der Waals surface area contributed by atoms with Gasteiger partial charge in [0.25, 0.3) is 0 Å². The van der Waals surface area contributed by atoms with Crippen molar-refractivity contribution in [2.75, 3.05) is 13.6 Å². The maximum Gasteiger partial charge on any atom is 0.155 e. The van der Waals surface area contributed by atoms with E-state index in [0.29, 0.717) is 6.54 Å². The van der Waals surface area contributed by atoms with Crippen LogP contribution in [0.1, 0.15) is 40.0 Å². The summed E-state index contributed by atoms with van der Waals surface area (Å²) < 4.78 is 0. The molecule has 0 aliphatic rings. The van der Waals surface area contributed by atoms with Gasteiger partial charge in [-0.25, -0.2) is 0 Å². The van der Waals surface area contributed by atoms with Gasteiger partial charge in [0.2, 0.25) is 0 Å². The van der Waals surface area contributed by atoms with Gasteiger partial charge in [-0.2, -0.15) is 0 Å². The first kappa shape index (κ1) is 13.6. The van der Waals surface area contributed by atoms with Crippen LogP contribution in [0.2, 0.25) is 0 Å². The number of carbonyl (C=O) groups is 1. The van der Waals surface area contributed by atoms with E-state index in [2.05, 4.69) is 5.32 Å². The summed E-state index contributed by atoms with van der Waals surface area (Å²) in [6.45, 7) is 6.59. The topological polar surface area (TPSA) is 55.1 Å². The fraction of sp³-hybridized carbons (Fsp3) is 0.909. The van der Waals surface area contributed by atoms with Crippen LogP contribution >= 0.6 is 0 Å². The second-order valence-electron chi connectivity index (χ2n) is 4.74. The van der Waals surface area contributed by atoms with Crippen molar-refractivity contribution in [3.05, 3.63) is 0 Å². The SMILES string of the molecule is CN[C@@H](CCCCN)C(=O)C(C)(C)C. The molecule has 3 nitrogen and oxygen atoms in total. The normalized spacial score (nSPS) is 14.1. The summed E-state index contributed by atoms with van der Waals surface area (Å²) in [5.74, 6) is 0.289. The molecule has 0 aliphatic carbocycles. The van der Waals surface area contributed by atoms with Gasteiger partial charge in [0.15, 0.2) is 5.78 Å². The van der Waals surface area contributed by atoms with Gasteiger partial charge in [0, 0.05) is 5.41 Å². The highest BCUT2D eigenvalue weighted by Crippen LogP contribution is 2.18. The first-order valence-corrected chi connectivity index (χ1v) is 5.35. The van der Waals surface area contributed by atoms with E-state index in [0.717, 1.165) is 19.3 Å². The molecule has 0 bridgehead atoms. The highest BCUT2D eigenvalue weighted by molar-refractivity contribution is 5.88. The number of nitrogens with two attached hydrogens (primary N) is 1. The number of carbonyl (C=O) groups excluding carboxylic acids is 1. The van der Waals surface area contributed by atoms with Crippen molar-refractivity contribution in [3.8, 4) is 0 Å². The maximum atomic E-state index is 11.9. The predicted molar refractivity (Wildman–Crippen MR) is 60.2 cm³/mol. The average Bonchev–Trinajstić information content (AvgIpc) is 2.10. The summed E-state index contributed by atoms with van der Waals surface area (Å²) in [5, 5.41) is 3.08. The lowest BCUT2D eigenvalue weighted by Crippen LogP contribution is -2.41. The number of rotatable bonds is 6. The molecule has 0 fully saturated rings. The number of ketones is 1. The lowest BCUT2D eigenvalue weighted by atomic mass is 9.85. The van der Waals surface area contributed by atoms with Gasteiger partial charge < -0.3 is 11.1 Å². The van der Waals surface area contributed by atoms with Crippen molar-refractivity contribution in [3.63, 3.8) is 0 Å². The monoisotopic (exact) mass is 200 g/mol. The van der Waals surface area contributed by atoms with Gasteiger partial charge in [-0.1, -0.05) is 27.2 Å². The molecular formula is C11H24N2O. The Bertz CT molecular complexity index is 173. The van der Waals surface area contributed by atoms with Crippen molar-refractivity contribution in [1.82, 2.24) is 5.32 Å². The van der Waals surface area contributed by atoms with Crippen LogP contribution in [0.5, 0.6) is 0 Å². The van der Waals surface area contributed by atoms with Crippen LogP contribution in [0.4, 0.5) is 0 Å². The lowest BCUT2D eigenvalue weighted by molar-refractivity contribution is -0.128. The van der Waals surface area contributed by atoms with E-state index in [9.17, 15) is 4.79 Å². The first-order valence-electron chi connectivity index (χ1n) is 5.35. The minimum Gasteiger partial charge on any atom is -0.330 e. The molecule has 0 aliphatic heterocycles. The predicted octanol–water partition coefficient (Wildman–Crippen LogP) is 1.32. The third kappa shape index (κ3) is 4.72. The second kappa shape index (κ2) is 6.14. The Balaban J connectivity index is 4.07. The van der Waals surface area contributed by atoms with Crippen LogP contribution in [0.25, 0.3) is 0 Å². The lowest BCUT2D eigenvalue weighted by Gasteiger charge is -2.24. The van der Waals surface area contributed by atoms with Crippen LogP contribution in [0.3, 0.4) is 0 Å². The van der Waals surface area contributed by atoms with Crippen molar-refractivity contribution < 1.29 is 4.79 Å². The third-order valence-corrected chi connectivity index (χ3v) is 2.35. The zero-order valence-electron chi connectivity index (χ0n) is 9.89. The number of nitrogens with one attached hydrogen (secondary N) is 1. The van der Waals surface area contributed by atoms with Gasteiger partial charge >= 0.3 is 0 Å². The minimum atomic E-state index is -0.254. The summed E-state index contributed by atoms with van der Waals surface area (Å²) in [5.41, 5.74) is 5.16. The van der Waals surface area contributed by atoms with Gasteiger partial charge in [-0.3, -0.25) is 4.79 Å². The smallest absolute Gasteiger partial charge is 0.155 e. The van der Waals surface area contributed by atoms with Crippen LogP contribution in [-0.4, -0.2) is 25.4 Å². The Morgan fingerprint density at radius 3 is 2.29 bits per heavy atom. The molecule has 0 rings (SSSR count). The van der Waals surface area contributed by atoms with Gasteiger partial charge in [0.1, 0.15) is 0 Å². The molecule has 1 atom stereocenters. The molecule has 0 spiro atoms. The average molecular weight is 200 g/mol. The van der Waals surface area contributed by atoms with Crippen LogP contribution in [0, 0.1) is 5.41 Å². The largest absolute Gasteiger partial charge is 0.330 e. The number of hydrogen-bond acceptors (Lipinski definition) is 3. The van der Waals surface area contributed by atoms with Gasteiger partial charge in [0.05, 0.1) is 6.04 Å². The van der Waals surface area contributed by atoms with E-state index in [-0.39, 0.29) is 17.2 Å². The molecule has 3 N–H and O–H groups in total. The standard InChI is InChI=1S/C11H24N2O/c1-11(2,3)10(14)9(13-4)7-5-6-8-12/h9,13H,5-8,12H2,1-4H3/t9-/m0/s1. The van der Waals surface area contributed by atoms with Gasteiger partial charge in [-0.15, -0.1) is 0 Å². The quantitative estimate of drug-likeness (QED) is 0.636. The highest BCUT2D eigenvalue weighted by Gasteiger charge is 2.27. The molecule has 0 aromatic rings. The third-order valence-electron chi connectivity index (χ3n) is 2.35. The Morgan fingerprint density at radius 2 is 1.93 bits per heavy atom. The molecule has 0 amide bonds. The van der Waals surface area contributed by atoms with Crippen molar-refractivity contribution in [2.45, 2.75) is 46.1 Å². The minimum absolute atomic E-state index is 0.0125. The van der Waals surface area contributed by atoms with E-state index >= 15 is 0 Å². The number of unbranched alkanes of at least 4 members (excludes halogenated alkanes) is 1. The second-order valence-corrected chi connectivity index (χ2v) is 4.74. The van der Waals surface area contributed by atoms with E-state index in [1.54, 1.807) is 0 Å². The molecule has 0 unspecified atom stereocenters. The molecule has 0 radical (unpaired) electrons. The molecule has 0 aromatic heterocycles. The van der Waals surface area contributed by atoms with Crippen molar-refractivity contribution in [1.29, 1.82) is 0 Å². The fourth-order valence-electron chi connectivity index (χ4n) is 1.42. The van der Waals surface area contributed by atoms with E-state index < -0.39 is 0 Å². The Morgan fingerprint density at radius 1 is 1.36 bits per heavy atom. The van der Waals surface area contributed by atoms with Crippen LogP contribution in [0.15, 0.2) is 0 Å². The summed E-state index contributed by atoms with van der Waals surface area (Å²) in [6.07, 6.45) is 2.91. The Kier molecular flexibility index (Phi) is 5.96. The van der Waals surface area contributed by atoms with E-state index in [1.807, 2.05) is 27.8 Å². The maximum absolute atomic E-state index is 11.9. The Hall–Kier alpha value is -0.410. The first-order chi connectivity index (χ1) is 6.43. The van der Waals surface area contributed by atoms with E-state index in [4.69, 9.17) is 5.73 Å².